The Morgan fingerprint density at radius 1 is 1.11 bits per heavy atom. The van der Waals surface area contributed by atoms with Crippen LogP contribution in [0.5, 0.6) is 0 Å². The molecule has 4 rings (SSSR count). The zero-order valence-corrected chi connectivity index (χ0v) is 22.0. The molecular formula is C24H25ClF2N4O6S. The Morgan fingerprint density at radius 2 is 1.76 bits per heavy atom. The van der Waals surface area contributed by atoms with Crippen LogP contribution in [-0.2, 0) is 30.8 Å². The van der Waals surface area contributed by atoms with Crippen molar-refractivity contribution >= 4 is 39.5 Å². The molecule has 2 heterocycles. The number of fused-ring (bicyclic) bond motifs is 1. The van der Waals surface area contributed by atoms with Crippen LogP contribution < -0.4 is 5.73 Å². The number of amides is 3. The van der Waals surface area contributed by atoms with Crippen LogP contribution in [0.3, 0.4) is 0 Å². The number of ether oxygens (including phenoxy) is 1. The second-order valence-electron chi connectivity index (χ2n) is 9.23. The van der Waals surface area contributed by atoms with E-state index in [-0.39, 0.29) is 19.0 Å². The molecule has 2 fully saturated rings. The molecule has 0 saturated carbocycles. The monoisotopic (exact) mass is 570 g/mol. The van der Waals surface area contributed by atoms with Crippen molar-refractivity contribution in [1.29, 1.82) is 0 Å². The van der Waals surface area contributed by atoms with Gasteiger partial charge in [0.05, 0.1) is 13.1 Å². The summed E-state index contributed by atoms with van der Waals surface area (Å²) in [6, 6.07) is 6.93. The number of piperazine rings is 1. The number of hydrogen-bond acceptors (Lipinski definition) is 6. The summed E-state index contributed by atoms with van der Waals surface area (Å²) >= 11 is 5.97. The molecule has 2 saturated heterocycles. The number of carbonyl (C=O) groups excluding carboxylic acids is 3. The minimum Gasteiger partial charge on any atom is -0.435 e. The molecule has 10 nitrogen and oxygen atoms in total. The molecule has 14 heteroatoms. The maximum atomic E-state index is 14.7. The van der Waals surface area contributed by atoms with Crippen molar-refractivity contribution < 1.29 is 36.3 Å². The van der Waals surface area contributed by atoms with Crippen molar-refractivity contribution in [1.82, 2.24) is 14.1 Å². The van der Waals surface area contributed by atoms with Crippen LogP contribution in [0, 0.1) is 11.6 Å². The quantitative estimate of drug-likeness (QED) is 0.566. The van der Waals surface area contributed by atoms with Gasteiger partial charge >= 0.3 is 6.09 Å². The van der Waals surface area contributed by atoms with Gasteiger partial charge in [0.2, 0.25) is 15.9 Å². The molecule has 3 amide bonds. The highest BCUT2D eigenvalue weighted by atomic mass is 35.5. The molecule has 0 spiro atoms. The second kappa shape index (κ2) is 10.5. The smallest absolute Gasteiger partial charge is 0.405 e. The molecule has 2 aliphatic rings. The van der Waals surface area contributed by atoms with Gasteiger partial charge in [-0.25, -0.2) is 22.0 Å². The first kappa shape index (κ1) is 27.7. The Balaban J connectivity index is 1.85. The zero-order chi connectivity index (χ0) is 27.9. The summed E-state index contributed by atoms with van der Waals surface area (Å²) in [6.07, 6.45) is -4.33. The van der Waals surface area contributed by atoms with E-state index in [0.717, 1.165) is 21.3 Å². The lowest BCUT2D eigenvalue weighted by Gasteiger charge is -2.53. The Bertz CT molecular complexity index is 1370. The third-order valence-corrected chi connectivity index (χ3v) is 8.65. The summed E-state index contributed by atoms with van der Waals surface area (Å²) in [5.41, 5.74) is 5.76. The van der Waals surface area contributed by atoms with E-state index in [9.17, 15) is 31.6 Å². The molecule has 0 bridgehead atoms. The summed E-state index contributed by atoms with van der Waals surface area (Å²) < 4.78 is 61.3. The number of benzene rings is 2. The molecule has 2 aromatic carbocycles. The van der Waals surface area contributed by atoms with Gasteiger partial charge in [-0.15, -0.1) is 0 Å². The SMILES string of the molecule is CC(C)N1CC2N(C(=O)C(OC(N)=O)CN2S(=O)(=O)c2ccc(F)cc2F)C(Cc2ccc(Cl)cc2)C1=O. The van der Waals surface area contributed by atoms with Crippen molar-refractivity contribution in [2.45, 2.75) is 49.5 Å². The molecule has 2 N–H and O–H groups in total. The third-order valence-electron chi connectivity index (χ3n) is 6.50. The molecule has 0 aliphatic carbocycles. The highest BCUT2D eigenvalue weighted by Crippen LogP contribution is 2.34. The van der Waals surface area contributed by atoms with Gasteiger partial charge in [-0.1, -0.05) is 23.7 Å². The van der Waals surface area contributed by atoms with E-state index in [2.05, 4.69) is 0 Å². The lowest BCUT2D eigenvalue weighted by atomic mass is 9.97. The van der Waals surface area contributed by atoms with Crippen molar-refractivity contribution in [3.05, 3.63) is 64.7 Å². The number of nitrogens with zero attached hydrogens (tertiary/aromatic N) is 3. The molecule has 3 unspecified atom stereocenters. The Hall–Kier alpha value is -3.29. The minimum absolute atomic E-state index is 0.0104. The number of rotatable bonds is 6. The Morgan fingerprint density at radius 3 is 2.34 bits per heavy atom. The predicted molar refractivity (Wildman–Crippen MR) is 131 cm³/mol. The van der Waals surface area contributed by atoms with E-state index in [4.69, 9.17) is 22.1 Å². The first-order valence-electron chi connectivity index (χ1n) is 11.6. The number of sulfonamides is 1. The molecule has 0 aromatic heterocycles. The summed E-state index contributed by atoms with van der Waals surface area (Å²) in [7, 11) is -4.73. The molecule has 204 valence electrons. The number of carbonyl (C=O) groups is 3. The second-order valence-corrected chi connectivity index (χ2v) is 11.5. The van der Waals surface area contributed by atoms with Gasteiger partial charge in [0, 0.05) is 23.6 Å². The Labute approximate surface area is 222 Å². The van der Waals surface area contributed by atoms with Crippen molar-refractivity contribution in [2.24, 2.45) is 5.73 Å². The van der Waals surface area contributed by atoms with E-state index in [1.54, 1.807) is 38.1 Å². The predicted octanol–water partition coefficient (Wildman–Crippen LogP) is 2.10. The van der Waals surface area contributed by atoms with E-state index in [0.29, 0.717) is 16.7 Å². The van der Waals surface area contributed by atoms with Crippen molar-refractivity contribution in [3.63, 3.8) is 0 Å². The first-order valence-corrected chi connectivity index (χ1v) is 13.4. The van der Waals surface area contributed by atoms with Crippen LogP contribution in [0.1, 0.15) is 19.4 Å². The summed E-state index contributed by atoms with van der Waals surface area (Å²) in [4.78, 5) is 40.3. The van der Waals surface area contributed by atoms with E-state index >= 15 is 0 Å². The molecular weight excluding hydrogens is 546 g/mol. The van der Waals surface area contributed by atoms with Gasteiger partial charge < -0.3 is 20.3 Å². The first-order chi connectivity index (χ1) is 17.8. The molecule has 2 aromatic rings. The van der Waals surface area contributed by atoms with Gasteiger partial charge in [-0.2, -0.15) is 4.31 Å². The number of primary amides is 1. The maximum Gasteiger partial charge on any atom is 0.405 e. The van der Waals surface area contributed by atoms with Gasteiger partial charge in [0.1, 0.15) is 28.7 Å². The summed E-state index contributed by atoms with van der Waals surface area (Å²) in [5, 5.41) is 0.452. The van der Waals surface area contributed by atoms with Gasteiger partial charge in [-0.3, -0.25) is 9.59 Å². The third kappa shape index (κ3) is 5.18. The van der Waals surface area contributed by atoms with E-state index in [1.165, 1.54) is 4.90 Å². The Kier molecular flexibility index (Phi) is 7.64. The minimum atomic E-state index is -4.73. The number of hydrogen-bond donors (Lipinski definition) is 1. The van der Waals surface area contributed by atoms with E-state index < -0.39 is 69.3 Å². The average Bonchev–Trinajstić information content (AvgIpc) is 2.82. The fourth-order valence-corrected chi connectivity index (χ4v) is 6.47. The van der Waals surface area contributed by atoms with Gasteiger partial charge in [0.15, 0.2) is 6.10 Å². The fourth-order valence-electron chi connectivity index (χ4n) is 4.72. The van der Waals surface area contributed by atoms with Gasteiger partial charge in [0.25, 0.3) is 5.91 Å². The maximum absolute atomic E-state index is 14.7. The van der Waals surface area contributed by atoms with Crippen LogP contribution in [0.2, 0.25) is 5.02 Å². The highest BCUT2D eigenvalue weighted by molar-refractivity contribution is 7.89. The van der Waals surface area contributed by atoms with Crippen molar-refractivity contribution in [2.75, 3.05) is 13.1 Å². The zero-order valence-electron chi connectivity index (χ0n) is 20.4. The largest absolute Gasteiger partial charge is 0.435 e. The molecule has 38 heavy (non-hydrogen) atoms. The molecule has 2 aliphatic heterocycles. The van der Waals surface area contributed by atoms with Crippen LogP contribution >= 0.6 is 11.6 Å². The normalized spacial score (nSPS) is 22.5. The number of halogens is 3. The molecule has 0 radical (unpaired) electrons. The summed E-state index contributed by atoms with van der Waals surface area (Å²) in [6.45, 7) is 2.55. The van der Waals surface area contributed by atoms with Gasteiger partial charge in [-0.05, 0) is 43.7 Å². The lowest BCUT2D eigenvalue weighted by Crippen LogP contribution is -2.75. The lowest BCUT2D eigenvalue weighted by molar-refractivity contribution is -0.174. The summed E-state index contributed by atoms with van der Waals surface area (Å²) in [5.74, 6) is -3.60. The van der Waals surface area contributed by atoms with E-state index in [1.807, 2.05) is 0 Å². The van der Waals surface area contributed by atoms with Crippen molar-refractivity contribution in [3.8, 4) is 0 Å². The van der Waals surface area contributed by atoms with Crippen LogP contribution in [0.4, 0.5) is 13.6 Å². The average molecular weight is 571 g/mol. The number of nitrogens with two attached hydrogens (primary N) is 1. The standard InChI is InChI=1S/C24H25ClF2N4O6S/c1-13(2)29-12-21-30(38(35,36)20-8-7-16(26)10-17(20)27)11-19(37-24(28)34)23(33)31(21)18(22(29)32)9-14-3-5-15(25)6-4-14/h3-8,10,13,18-19,21H,9,11-12H2,1-2H3,(H2,28,34). The van der Waals surface area contributed by atoms with Crippen LogP contribution in [0.25, 0.3) is 0 Å². The highest BCUT2D eigenvalue weighted by Gasteiger charge is 2.55. The fraction of sp³-hybridized carbons (Fsp3) is 0.375. The van der Waals surface area contributed by atoms with Crippen LogP contribution in [-0.4, -0.2) is 77.9 Å². The topological polar surface area (TPSA) is 130 Å². The molecule has 3 atom stereocenters. The van der Waals surface area contributed by atoms with Crippen LogP contribution in [0.15, 0.2) is 47.4 Å².